The molecule has 6 heteroatoms. The summed E-state index contributed by atoms with van der Waals surface area (Å²) < 4.78 is 0. The van der Waals surface area contributed by atoms with Gasteiger partial charge in [0.15, 0.2) is 0 Å². The van der Waals surface area contributed by atoms with Crippen LogP contribution in [0.1, 0.15) is 43.4 Å². The van der Waals surface area contributed by atoms with Crippen molar-refractivity contribution >= 4 is 24.2 Å². The third-order valence-corrected chi connectivity index (χ3v) is 5.61. The Bertz CT molecular complexity index is 606. The standard InChI is InChI=1S/C20H29N3O2.ClH/c1-14-3-5-16(6-4-14)19(22-15(2)24)11-20(25)23-9-7-17-12-21-13-18(17)8-10-23;/h3-6,17-19,21H,7-13H2,1-2H3,(H,22,24);1H/t17-,18+,19?;. The highest BCUT2D eigenvalue weighted by Crippen LogP contribution is 2.28. The molecule has 144 valence electrons. The quantitative estimate of drug-likeness (QED) is 0.844. The van der Waals surface area contributed by atoms with E-state index in [1.54, 1.807) is 0 Å². The van der Waals surface area contributed by atoms with Crippen LogP contribution in [0, 0.1) is 18.8 Å². The van der Waals surface area contributed by atoms with Crippen molar-refractivity contribution in [2.45, 2.75) is 39.2 Å². The molecule has 2 saturated heterocycles. The first-order valence-electron chi connectivity index (χ1n) is 9.35. The van der Waals surface area contributed by atoms with Gasteiger partial charge < -0.3 is 15.5 Å². The number of benzene rings is 1. The van der Waals surface area contributed by atoms with Crippen LogP contribution in [0.15, 0.2) is 24.3 Å². The average Bonchev–Trinajstić information content (AvgIpc) is 2.93. The zero-order valence-electron chi connectivity index (χ0n) is 15.7. The molecule has 0 aliphatic carbocycles. The van der Waals surface area contributed by atoms with Gasteiger partial charge in [-0.3, -0.25) is 9.59 Å². The van der Waals surface area contributed by atoms with E-state index in [4.69, 9.17) is 0 Å². The molecule has 2 aliphatic rings. The molecule has 3 atom stereocenters. The van der Waals surface area contributed by atoms with Crippen LogP contribution in [0.2, 0.25) is 0 Å². The molecule has 26 heavy (non-hydrogen) atoms. The molecule has 0 spiro atoms. The van der Waals surface area contributed by atoms with Crippen molar-refractivity contribution in [3.05, 3.63) is 35.4 Å². The van der Waals surface area contributed by atoms with E-state index < -0.39 is 0 Å². The van der Waals surface area contributed by atoms with E-state index in [1.165, 1.54) is 12.5 Å². The molecule has 0 saturated carbocycles. The molecule has 1 unspecified atom stereocenters. The van der Waals surface area contributed by atoms with Gasteiger partial charge in [-0.15, -0.1) is 12.4 Å². The fraction of sp³-hybridized carbons (Fsp3) is 0.600. The molecular formula is C20H30ClN3O2. The molecule has 2 aliphatic heterocycles. The highest BCUT2D eigenvalue weighted by atomic mass is 35.5. The van der Waals surface area contributed by atoms with E-state index in [-0.39, 0.29) is 30.3 Å². The van der Waals surface area contributed by atoms with Gasteiger partial charge in [0.05, 0.1) is 12.5 Å². The first-order chi connectivity index (χ1) is 12.0. The molecule has 2 N–H and O–H groups in total. The lowest BCUT2D eigenvalue weighted by molar-refractivity contribution is -0.132. The topological polar surface area (TPSA) is 61.4 Å². The van der Waals surface area contributed by atoms with Gasteiger partial charge in [-0.1, -0.05) is 29.8 Å². The summed E-state index contributed by atoms with van der Waals surface area (Å²) in [5, 5.41) is 6.41. The predicted molar refractivity (Wildman–Crippen MR) is 105 cm³/mol. The number of rotatable bonds is 4. The number of nitrogens with one attached hydrogen (secondary N) is 2. The van der Waals surface area contributed by atoms with Crippen LogP contribution in [-0.2, 0) is 9.59 Å². The molecule has 1 aromatic carbocycles. The van der Waals surface area contributed by atoms with E-state index >= 15 is 0 Å². The summed E-state index contributed by atoms with van der Waals surface area (Å²) in [6.07, 6.45) is 2.49. The molecular weight excluding hydrogens is 350 g/mol. The smallest absolute Gasteiger partial charge is 0.224 e. The molecule has 2 fully saturated rings. The van der Waals surface area contributed by atoms with E-state index in [0.29, 0.717) is 18.3 Å². The van der Waals surface area contributed by atoms with Gasteiger partial charge >= 0.3 is 0 Å². The zero-order chi connectivity index (χ0) is 17.8. The third-order valence-electron chi connectivity index (χ3n) is 5.61. The maximum absolute atomic E-state index is 12.9. The van der Waals surface area contributed by atoms with Crippen LogP contribution in [0.5, 0.6) is 0 Å². The number of hydrogen-bond donors (Lipinski definition) is 2. The lowest BCUT2D eigenvalue weighted by atomic mass is 9.92. The van der Waals surface area contributed by atoms with Gasteiger partial charge in [0, 0.05) is 20.0 Å². The number of aryl methyl sites for hydroxylation is 1. The van der Waals surface area contributed by atoms with Crippen molar-refractivity contribution in [1.29, 1.82) is 0 Å². The van der Waals surface area contributed by atoms with Gasteiger partial charge in [0.2, 0.25) is 11.8 Å². The second-order valence-electron chi connectivity index (χ2n) is 7.50. The Morgan fingerprint density at radius 1 is 1.15 bits per heavy atom. The zero-order valence-corrected chi connectivity index (χ0v) is 16.5. The van der Waals surface area contributed by atoms with Gasteiger partial charge in [0.25, 0.3) is 0 Å². The second-order valence-corrected chi connectivity index (χ2v) is 7.50. The molecule has 0 bridgehead atoms. The summed E-state index contributed by atoms with van der Waals surface area (Å²) in [5.41, 5.74) is 2.16. The Kier molecular flexibility index (Phi) is 7.47. The lowest BCUT2D eigenvalue weighted by Gasteiger charge is -2.25. The van der Waals surface area contributed by atoms with Gasteiger partial charge in [-0.2, -0.15) is 0 Å². The number of likely N-dealkylation sites (tertiary alicyclic amines) is 1. The predicted octanol–water partition coefficient (Wildman–Crippen LogP) is 2.44. The normalized spacial score (nSPS) is 23.4. The van der Waals surface area contributed by atoms with Crippen molar-refractivity contribution in [2.75, 3.05) is 26.2 Å². The minimum Gasteiger partial charge on any atom is -0.349 e. The van der Waals surface area contributed by atoms with E-state index in [2.05, 4.69) is 10.6 Å². The van der Waals surface area contributed by atoms with Crippen LogP contribution < -0.4 is 10.6 Å². The lowest BCUT2D eigenvalue weighted by Crippen LogP contribution is -2.37. The van der Waals surface area contributed by atoms with Crippen molar-refractivity contribution in [3.8, 4) is 0 Å². The average molecular weight is 380 g/mol. The van der Waals surface area contributed by atoms with Crippen molar-refractivity contribution in [3.63, 3.8) is 0 Å². The van der Waals surface area contributed by atoms with Crippen molar-refractivity contribution in [2.24, 2.45) is 11.8 Å². The summed E-state index contributed by atoms with van der Waals surface area (Å²) in [5.74, 6) is 1.46. The highest BCUT2D eigenvalue weighted by molar-refractivity contribution is 5.85. The molecule has 1 aromatic rings. The molecule has 3 rings (SSSR count). The van der Waals surface area contributed by atoms with Crippen LogP contribution in [0.4, 0.5) is 0 Å². The Balaban J connectivity index is 0.00000243. The number of amides is 2. The first-order valence-corrected chi connectivity index (χ1v) is 9.35. The number of fused-ring (bicyclic) bond motifs is 1. The molecule has 0 radical (unpaired) electrons. The Morgan fingerprint density at radius 3 is 2.27 bits per heavy atom. The summed E-state index contributed by atoms with van der Waals surface area (Å²) in [4.78, 5) is 26.5. The Hall–Kier alpha value is -1.59. The molecule has 2 heterocycles. The van der Waals surface area contributed by atoms with Crippen LogP contribution in [0.25, 0.3) is 0 Å². The number of halogens is 1. The van der Waals surface area contributed by atoms with E-state index in [1.807, 2.05) is 36.1 Å². The maximum Gasteiger partial charge on any atom is 0.224 e. The van der Waals surface area contributed by atoms with Crippen LogP contribution >= 0.6 is 12.4 Å². The van der Waals surface area contributed by atoms with Crippen LogP contribution in [0.3, 0.4) is 0 Å². The molecule has 2 amide bonds. The first kappa shape index (κ1) is 20.7. The SMILES string of the molecule is CC(=O)NC(CC(=O)N1CC[C@@H]2CNC[C@@H]2CC1)c1ccc(C)cc1.Cl. The van der Waals surface area contributed by atoms with E-state index in [0.717, 1.165) is 44.6 Å². The van der Waals surface area contributed by atoms with Gasteiger partial charge in [-0.25, -0.2) is 0 Å². The fourth-order valence-electron chi connectivity index (χ4n) is 4.07. The van der Waals surface area contributed by atoms with Crippen LogP contribution in [-0.4, -0.2) is 42.9 Å². The number of hydrogen-bond acceptors (Lipinski definition) is 3. The highest BCUT2D eigenvalue weighted by Gasteiger charge is 2.32. The van der Waals surface area contributed by atoms with Gasteiger partial charge in [-0.05, 0) is 50.3 Å². The Labute approximate surface area is 162 Å². The number of carbonyl (C=O) groups is 2. The second kappa shape index (κ2) is 9.38. The minimum atomic E-state index is -0.255. The summed E-state index contributed by atoms with van der Waals surface area (Å²) in [6.45, 7) is 7.39. The van der Waals surface area contributed by atoms with E-state index in [9.17, 15) is 9.59 Å². The van der Waals surface area contributed by atoms with Crippen molar-refractivity contribution in [1.82, 2.24) is 15.5 Å². The number of nitrogens with zero attached hydrogens (tertiary/aromatic N) is 1. The summed E-state index contributed by atoms with van der Waals surface area (Å²) in [7, 11) is 0. The fourth-order valence-corrected chi connectivity index (χ4v) is 4.07. The summed E-state index contributed by atoms with van der Waals surface area (Å²) in [6, 6.07) is 7.79. The maximum atomic E-state index is 12.9. The Morgan fingerprint density at radius 2 is 1.73 bits per heavy atom. The molecule has 0 aromatic heterocycles. The van der Waals surface area contributed by atoms with Crippen molar-refractivity contribution < 1.29 is 9.59 Å². The molecule has 5 nitrogen and oxygen atoms in total. The number of carbonyl (C=O) groups excluding carboxylic acids is 2. The third kappa shape index (κ3) is 5.21. The van der Waals surface area contributed by atoms with Gasteiger partial charge in [0.1, 0.15) is 0 Å². The monoisotopic (exact) mass is 379 g/mol. The minimum absolute atomic E-state index is 0. The summed E-state index contributed by atoms with van der Waals surface area (Å²) >= 11 is 0. The largest absolute Gasteiger partial charge is 0.349 e.